The first kappa shape index (κ1) is 17.6. The van der Waals surface area contributed by atoms with E-state index in [0.717, 1.165) is 23.5 Å². The molecule has 0 aliphatic rings. The van der Waals surface area contributed by atoms with Crippen LogP contribution in [-0.2, 0) is 11.5 Å². The molecule has 5 nitrogen and oxygen atoms in total. The normalized spacial score (nSPS) is 11.5. The maximum Gasteiger partial charge on any atom is 0.224 e. The van der Waals surface area contributed by atoms with Gasteiger partial charge >= 0.3 is 0 Å². The summed E-state index contributed by atoms with van der Waals surface area (Å²) in [6.45, 7) is 8.42. The van der Waals surface area contributed by atoms with Gasteiger partial charge < -0.3 is 18.8 Å². The molecule has 126 valence electrons. The molecule has 0 fully saturated rings. The highest BCUT2D eigenvalue weighted by Gasteiger charge is 2.15. The maximum absolute atomic E-state index is 5.78. The highest BCUT2D eigenvalue weighted by atomic mass is 28.3. The number of nitrogens with zero attached hydrogens (tertiary/aromatic N) is 2. The monoisotopic (exact) mass is 334 g/mol. The molecular weight excluding hydrogens is 308 g/mol. The maximum atomic E-state index is 5.78. The lowest BCUT2D eigenvalue weighted by molar-refractivity contribution is 0.0875. The number of aromatic nitrogens is 2. The molecule has 0 aromatic carbocycles. The number of methoxy groups -OCH3 is 2. The summed E-state index contributed by atoms with van der Waals surface area (Å²) in [5.74, 6) is 1.30. The van der Waals surface area contributed by atoms with Crippen molar-refractivity contribution in [1.82, 2.24) is 9.55 Å². The molecule has 0 bridgehead atoms. The molecule has 2 aromatic heterocycles. The van der Waals surface area contributed by atoms with Crippen molar-refractivity contribution in [3.05, 3.63) is 30.7 Å². The third kappa shape index (κ3) is 4.84. The van der Waals surface area contributed by atoms with Crippen molar-refractivity contribution < 1.29 is 14.2 Å². The van der Waals surface area contributed by atoms with E-state index in [1.165, 1.54) is 6.04 Å². The minimum atomic E-state index is -1.04. The molecule has 0 saturated heterocycles. The molecule has 0 aliphatic carbocycles. The molecule has 2 heterocycles. The van der Waals surface area contributed by atoms with Gasteiger partial charge in [0.2, 0.25) is 5.88 Å². The van der Waals surface area contributed by atoms with Gasteiger partial charge in [0.25, 0.3) is 0 Å². The Morgan fingerprint density at radius 1 is 1.13 bits per heavy atom. The van der Waals surface area contributed by atoms with E-state index in [0.29, 0.717) is 12.6 Å². The van der Waals surface area contributed by atoms with Gasteiger partial charge in [0.05, 0.1) is 19.8 Å². The molecule has 0 spiro atoms. The van der Waals surface area contributed by atoms with Gasteiger partial charge in [-0.1, -0.05) is 19.6 Å². The highest BCUT2D eigenvalue weighted by molar-refractivity contribution is 6.76. The summed E-state index contributed by atoms with van der Waals surface area (Å²) in [6.07, 6.45) is 5.70. The molecule has 0 radical (unpaired) electrons. The lowest BCUT2D eigenvalue weighted by Gasteiger charge is -2.15. The van der Waals surface area contributed by atoms with Gasteiger partial charge in [0.1, 0.15) is 12.5 Å². The Morgan fingerprint density at radius 3 is 2.57 bits per heavy atom. The van der Waals surface area contributed by atoms with Crippen molar-refractivity contribution >= 4 is 8.07 Å². The van der Waals surface area contributed by atoms with Crippen LogP contribution in [0, 0.1) is 0 Å². The summed E-state index contributed by atoms with van der Waals surface area (Å²) >= 11 is 0. The summed E-state index contributed by atoms with van der Waals surface area (Å²) < 4.78 is 18.6. The SMILES string of the molecule is COc1ccnc(OC)c1-c1ccn(COCC[Si](C)(C)C)c1. The molecule has 23 heavy (non-hydrogen) atoms. The zero-order valence-electron chi connectivity index (χ0n) is 14.6. The van der Waals surface area contributed by atoms with E-state index in [1.807, 2.05) is 29.1 Å². The van der Waals surface area contributed by atoms with Gasteiger partial charge in [-0.3, -0.25) is 0 Å². The first-order chi connectivity index (χ1) is 10.9. The average Bonchev–Trinajstić information content (AvgIpc) is 2.98. The highest BCUT2D eigenvalue weighted by Crippen LogP contribution is 2.36. The minimum Gasteiger partial charge on any atom is -0.496 e. The largest absolute Gasteiger partial charge is 0.496 e. The van der Waals surface area contributed by atoms with Crippen LogP contribution in [0.2, 0.25) is 25.7 Å². The quantitative estimate of drug-likeness (QED) is 0.543. The Hall–Kier alpha value is -1.79. The Morgan fingerprint density at radius 2 is 1.91 bits per heavy atom. The fraction of sp³-hybridized carbons (Fsp3) is 0.471. The smallest absolute Gasteiger partial charge is 0.224 e. The number of hydrogen-bond donors (Lipinski definition) is 0. The van der Waals surface area contributed by atoms with E-state index in [2.05, 4.69) is 24.6 Å². The van der Waals surface area contributed by atoms with Crippen LogP contribution in [-0.4, -0.2) is 38.5 Å². The van der Waals surface area contributed by atoms with Crippen LogP contribution < -0.4 is 9.47 Å². The first-order valence-electron chi connectivity index (χ1n) is 7.75. The molecule has 0 atom stereocenters. The lowest BCUT2D eigenvalue weighted by Crippen LogP contribution is -2.21. The van der Waals surface area contributed by atoms with Gasteiger partial charge in [0, 0.05) is 38.8 Å². The van der Waals surface area contributed by atoms with Gasteiger partial charge in [-0.15, -0.1) is 0 Å². The Bertz CT molecular complexity index is 613. The van der Waals surface area contributed by atoms with Crippen LogP contribution in [0.4, 0.5) is 0 Å². The van der Waals surface area contributed by atoms with Crippen LogP contribution in [0.5, 0.6) is 11.6 Å². The van der Waals surface area contributed by atoms with Crippen molar-refractivity contribution in [3.8, 4) is 22.8 Å². The second-order valence-corrected chi connectivity index (χ2v) is 12.3. The predicted molar refractivity (Wildman–Crippen MR) is 94.9 cm³/mol. The summed E-state index contributed by atoms with van der Waals surface area (Å²) in [6, 6.07) is 5.02. The fourth-order valence-corrected chi connectivity index (χ4v) is 2.99. The fourth-order valence-electron chi connectivity index (χ4n) is 2.23. The summed E-state index contributed by atoms with van der Waals surface area (Å²) in [5.41, 5.74) is 1.86. The van der Waals surface area contributed by atoms with Gasteiger partial charge in [-0.05, 0) is 18.2 Å². The van der Waals surface area contributed by atoms with E-state index in [-0.39, 0.29) is 0 Å². The van der Waals surface area contributed by atoms with Gasteiger partial charge in [-0.25, -0.2) is 4.98 Å². The summed E-state index contributed by atoms with van der Waals surface area (Å²) in [4.78, 5) is 4.26. The zero-order chi connectivity index (χ0) is 16.9. The molecule has 0 saturated carbocycles. The molecule has 6 heteroatoms. The number of pyridine rings is 1. The number of hydrogen-bond acceptors (Lipinski definition) is 4. The van der Waals surface area contributed by atoms with Crippen molar-refractivity contribution in [3.63, 3.8) is 0 Å². The Balaban J connectivity index is 2.08. The molecule has 0 amide bonds. The van der Waals surface area contributed by atoms with Crippen molar-refractivity contribution in [2.45, 2.75) is 32.4 Å². The Labute approximate surface area is 139 Å². The second-order valence-electron chi connectivity index (χ2n) is 6.66. The minimum absolute atomic E-state index is 0.551. The first-order valence-corrected chi connectivity index (χ1v) is 11.5. The van der Waals surface area contributed by atoms with Crippen LogP contribution in [0.1, 0.15) is 0 Å². The predicted octanol–water partition coefficient (Wildman–Crippen LogP) is 3.88. The van der Waals surface area contributed by atoms with Crippen LogP contribution >= 0.6 is 0 Å². The van der Waals surface area contributed by atoms with E-state index in [9.17, 15) is 0 Å². The van der Waals surface area contributed by atoms with Crippen LogP contribution in [0.15, 0.2) is 30.7 Å². The third-order valence-corrected chi connectivity index (χ3v) is 5.27. The standard InChI is InChI=1S/C17H26N2O3Si/c1-20-15-6-8-18-17(21-2)16(15)14-7-9-19(12-14)13-22-10-11-23(3,4)5/h6-9,12H,10-11,13H2,1-5H3. The average molecular weight is 334 g/mol. The van der Waals surface area contributed by atoms with E-state index in [4.69, 9.17) is 14.2 Å². The molecular formula is C17H26N2O3Si. The van der Waals surface area contributed by atoms with Gasteiger partial charge in [0.15, 0.2) is 0 Å². The van der Waals surface area contributed by atoms with Crippen molar-refractivity contribution in [2.75, 3.05) is 20.8 Å². The molecule has 2 rings (SSSR count). The van der Waals surface area contributed by atoms with Crippen LogP contribution in [0.3, 0.4) is 0 Å². The molecule has 0 unspecified atom stereocenters. The number of ether oxygens (including phenoxy) is 3. The van der Waals surface area contributed by atoms with Crippen LogP contribution in [0.25, 0.3) is 11.1 Å². The molecule has 0 N–H and O–H groups in total. The van der Waals surface area contributed by atoms with Crippen molar-refractivity contribution in [2.24, 2.45) is 0 Å². The topological polar surface area (TPSA) is 45.5 Å². The second kappa shape index (κ2) is 7.65. The third-order valence-electron chi connectivity index (χ3n) is 3.57. The zero-order valence-corrected chi connectivity index (χ0v) is 15.6. The summed E-state index contributed by atoms with van der Waals surface area (Å²) in [7, 11) is 2.22. The van der Waals surface area contributed by atoms with Gasteiger partial charge in [-0.2, -0.15) is 0 Å². The molecule has 2 aromatic rings. The van der Waals surface area contributed by atoms with E-state index < -0.39 is 8.07 Å². The molecule has 0 aliphatic heterocycles. The Kier molecular flexibility index (Phi) is 5.84. The number of rotatable bonds is 8. The van der Waals surface area contributed by atoms with E-state index in [1.54, 1.807) is 20.4 Å². The summed E-state index contributed by atoms with van der Waals surface area (Å²) in [5, 5.41) is 0. The lowest BCUT2D eigenvalue weighted by atomic mass is 10.1. The van der Waals surface area contributed by atoms with Crippen molar-refractivity contribution in [1.29, 1.82) is 0 Å². The van der Waals surface area contributed by atoms with E-state index >= 15 is 0 Å².